The fraction of sp³-hybridized carbons (Fsp3) is 0. The summed E-state index contributed by atoms with van der Waals surface area (Å²) in [6.45, 7) is 0. The Labute approximate surface area is 266 Å². The van der Waals surface area contributed by atoms with Crippen LogP contribution in [-0.2, 0) is 0 Å². The molecule has 6 aromatic rings. The van der Waals surface area contributed by atoms with Crippen LogP contribution < -0.4 is 0 Å². The van der Waals surface area contributed by atoms with Crippen LogP contribution in [0.15, 0.2) is 72.8 Å². The van der Waals surface area contributed by atoms with E-state index in [-0.39, 0.29) is 0 Å². The van der Waals surface area contributed by atoms with E-state index in [2.05, 4.69) is 0 Å². The lowest BCUT2D eigenvalue weighted by Crippen LogP contribution is -2.03. The molecule has 0 amide bonds. The molecule has 6 aromatic carbocycles. The maximum absolute atomic E-state index is 14.0. The van der Waals surface area contributed by atoms with Gasteiger partial charge < -0.3 is 0 Å². The monoisotopic (exact) mass is 664 g/mol. The Morgan fingerprint density at radius 2 is 0.458 bits per heavy atom. The number of benzene rings is 6. The summed E-state index contributed by atoms with van der Waals surface area (Å²) in [7, 11) is 0. The van der Waals surface area contributed by atoms with Gasteiger partial charge in [-0.15, -0.1) is 0 Å². The average molecular weight is 665 g/mol. The van der Waals surface area contributed by atoms with E-state index in [0.717, 1.165) is 44.8 Å². The summed E-state index contributed by atoms with van der Waals surface area (Å²) in [5, 5.41) is 3.19. The highest BCUT2D eigenvalue weighted by Gasteiger charge is 2.25. The molecule has 0 aliphatic heterocycles. The third-order valence-corrected chi connectivity index (χ3v) is 7.62. The van der Waals surface area contributed by atoms with Gasteiger partial charge in [-0.25, -0.2) is 43.9 Å². The molecule has 10 heteroatoms. The van der Waals surface area contributed by atoms with Gasteiger partial charge in [-0.05, 0) is 80.2 Å². The molecule has 0 bridgehead atoms. The Kier molecular flexibility index (Phi) is 8.66. The van der Waals surface area contributed by atoms with Crippen molar-refractivity contribution in [2.45, 2.75) is 0 Å². The molecule has 0 aliphatic rings. The zero-order chi connectivity index (χ0) is 34.3. The smallest absolute Gasteiger partial charge is 0.200 e. The lowest BCUT2D eigenvalue weighted by Gasteiger charge is -2.05. The van der Waals surface area contributed by atoms with Crippen molar-refractivity contribution in [3.8, 4) is 0 Å². The fourth-order valence-electron chi connectivity index (χ4n) is 5.07. The van der Waals surface area contributed by atoms with Crippen LogP contribution >= 0.6 is 0 Å². The molecule has 0 aromatic heterocycles. The number of halogens is 10. The number of fused-ring (bicyclic) bond motifs is 2. The van der Waals surface area contributed by atoms with Crippen LogP contribution in [0.1, 0.15) is 33.4 Å². The van der Waals surface area contributed by atoms with Gasteiger partial charge in [-0.1, -0.05) is 72.8 Å². The number of hydrogen-bond donors (Lipinski definition) is 0. The minimum absolute atomic E-state index is 0.474. The molecule has 0 unspecified atom stereocenters. The second kappa shape index (κ2) is 12.9. The van der Waals surface area contributed by atoms with Gasteiger partial charge in [-0.3, -0.25) is 0 Å². The first-order chi connectivity index (χ1) is 22.9. The Balaban J connectivity index is 1.18. The normalized spacial score (nSPS) is 12.1. The highest BCUT2D eigenvalue weighted by atomic mass is 19.2. The minimum Gasteiger partial charge on any atom is -0.203 e. The van der Waals surface area contributed by atoms with Gasteiger partial charge >= 0.3 is 0 Å². The molecule has 0 radical (unpaired) electrons. The van der Waals surface area contributed by atoms with Crippen molar-refractivity contribution < 1.29 is 43.9 Å². The summed E-state index contributed by atoms with van der Waals surface area (Å²) in [5.41, 5.74) is 0.568. The van der Waals surface area contributed by atoms with Gasteiger partial charge in [0.05, 0.1) is 11.1 Å². The second-order valence-corrected chi connectivity index (χ2v) is 10.7. The Hall–Kier alpha value is -5.64. The summed E-state index contributed by atoms with van der Waals surface area (Å²) >= 11 is 0. The molecule has 0 aliphatic carbocycles. The molecular weight excluding hydrogens is 646 g/mol. The Bertz CT molecular complexity index is 2130. The molecule has 0 heterocycles. The van der Waals surface area contributed by atoms with Crippen LogP contribution in [0.5, 0.6) is 0 Å². The summed E-state index contributed by atoms with van der Waals surface area (Å²) in [4.78, 5) is 0. The van der Waals surface area contributed by atoms with E-state index >= 15 is 0 Å². The Morgan fingerprint density at radius 1 is 0.250 bits per heavy atom. The first-order valence-corrected chi connectivity index (χ1v) is 14.1. The van der Waals surface area contributed by atoms with Gasteiger partial charge in [0.2, 0.25) is 11.6 Å². The molecular formula is C38H18F10. The van der Waals surface area contributed by atoms with Gasteiger partial charge in [-0.2, -0.15) is 0 Å². The van der Waals surface area contributed by atoms with E-state index in [9.17, 15) is 43.9 Å². The van der Waals surface area contributed by atoms with Gasteiger partial charge in [0.25, 0.3) is 0 Å². The quantitative estimate of drug-likeness (QED) is 0.0720. The van der Waals surface area contributed by atoms with Crippen molar-refractivity contribution in [3.63, 3.8) is 0 Å². The highest BCUT2D eigenvalue weighted by molar-refractivity contribution is 5.91. The standard InChI is InChI=1S/C38H18F10/c39-29-27(30(40)34(44)37(47)33(29)43)13-7-21-5-11-23-15-19(3-9-25(23)17-21)1-2-20-4-10-26-18-22(6-12-24(26)16-20)8-14-28-31(41)35(45)38(48)36(46)32(28)42/h1-18H/b2-1+,13-7+,14-8+. The molecule has 0 atom stereocenters. The van der Waals surface area contributed by atoms with Gasteiger partial charge in [0.15, 0.2) is 46.5 Å². The van der Waals surface area contributed by atoms with Crippen LogP contribution in [0.25, 0.3) is 58.0 Å². The van der Waals surface area contributed by atoms with E-state index in [4.69, 9.17) is 0 Å². The van der Waals surface area contributed by atoms with E-state index in [1.165, 1.54) is 12.2 Å². The summed E-state index contributed by atoms with van der Waals surface area (Å²) < 4.78 is 137. The van der Waals surface area contributed by atoms with Crippen LogP contribution in [0, 0.1) is 58.2 Å². The Morgan fingerprint density at radius 3 is 0.708 bits per heavy atom. The fourth-order valence-corrected chi connectivity index (χ4v) is 5.07. The predicted octanol–water partition coefficient (Wildman–Crippen LogP) is 11.9. The first-order valence-electron chi connectivity index (χ1n) is 14.1. The summed E-state index contributed by atoms with van der Waals surface area (Å²) in [6, 6.07) is 21.2. The van der Waals surface area contributed by atoms with E-state index < -0.39 is 69.3 Å². The van der Waals surface area contributed by atoms with Crippen LogP contribution in [0.2, 0.25) is 0 Å². The maximum atomic E-state index is 14.0. The molecule has 0 nitrogen and oxygen atoms in total. The second-order valence-electron chi connectivity index (χ2n) is 10.7. The number of hydrogen-bond acceptors (Lipinski definition) is 0. The largest absolute Gasteiger partial charge is 0.203 e. The van der Waals surface area contributed by atoms with Crippen molar-refractivity contribution in [3.05, 3.63) is 164 Å². The van der Waals surface area contributed by atoms with E-state index in [1.54, 1.807) is 36.4 Å². The summed E-state index contributed by atoms with van der Waals surface area (Å²) in [6.07, 6.45) is 7.90. The maximum Gasteiger partial charge on any atom is 0.200 e. The zero-order valence-electron chi connectivity index (χ0n) is 24.2. The van der Waals surface area contributed by atoms with Crippen molar-refractivity contribution in [1.82, 2.24) is 0 Å². The molecule has 0 saturated carbocycles. The predicted molar refractivity (Wildman–Crippen MR) is 167 cm³/mol. The molecule has 0 saturated heterocycles. The topological polar surface area (TPSA) is 0 Å². The highest BCUT2D eigenvalue weighted by Crippen LogP contribution is 2.28. The van der Waals surface area contributed by atoms with Crippen molar-refractivity contribution in [1.29, 1.82) is 0 Å². The SMILES string of the molecule is Fc1c(F)c(F)c(/C=C/c2ccc3cc(/C=C/c4ccc5cc(/C=C/c6c(F)c(F)c(F)c(F)c6F)ccc5c4)ccc3c2)c(F)c1F. The molecule has 48 heavy (non-hydrogen) atoms. The molecule has 0 N–H and O–H groups in total. The van der Waals surface area contributed by atoms with Crippen LogP contribution in [-0.4, -0.2) is 0 Å². The molecule has 0 spiro atoms. The third-order valence-electron chi connectivity index (χ3n) is 7.62. The van der Waals surface area contributed by atoms with Crippen LogP contribution in [0.4, 0.5) is 43.9 Å². The lowest BCUT2D eigenvalue weighted by molar-refractivity contribution is 0.377. The van der Waals surface area contributed by atoms with Crippen molar-refractivity contribution >= 4 is 58.0 Å². The summed E-state index contributed by atoms with van der Waals surface area (Å²) in [5.74, 6) is -20.2. The average Bonchev–Trinajstić information content (AvgIpc) is 3.10. The molecule has 240 valence electrons. The molecule has 0 fully saturated rings. The van der Waals surface area contributed by atoms with Gasteiger partial charge in [0.1, 0.15) is 0 Å². The third kappa shape index (κ3) is 6.09. The molecule has 6 rings (SSSR count). The van der Waals surface area contributed by atoms with Crippen LogP contribution in [0.3, 0.4) is 0 Å². The van der Waals surface area contributed by atoms with Crippen molar-refractivity contribution in [2.24, 2.45) is 0 Å². The lowest BCUT2D eigenvalue weighted by atomic mass is 10.0. The van der Waals surface area contributed by atoms with E-state index in [1.807, 2.05) is 48.6 Å². The van der Waals surface area contributed by atoms with Gasteiger partial charge in [0, 0.05) is 0 Å². The zero-order valence-corrected chi connectivity index (χ0v) is 24.2. The van der Waals surface area contributed by atoms with Crippen molar-refractivity contribution in [2.75, 3.05) is 0 Å². The first kappa shape index (κ1) is 32.3. The number of rotatable bonds is 6. The minimum atomic E-state index is -2.22. The van der Waals surface area contributed by atoms with E-state index in [0.29, 0.717) is 11.1 Å².